The maximum Gasteiger partial charge on any atom is 0.253 e. The Morgan fingerprint density at radius 1 is 1.33 bits per heavy atom. The second kappa shape index (κ2) is 8.25. The molecule has 3 rings (SSSR count). The molecule has 0 radical (unpaired) electrons. The van der Waals surface area contributed by atoms with Gasteiger partial charge in [0.1, 0.15) is 5.03 Å². The first-order chi connectivity index (χ1) is 13.0. The largest absolute Gasteiger partial charge is 0.345 e. The lowest BCUT2D eigenvalue weighted by Gasteiger charge is -2.14. The molecule has 27 heavy (non-hydrogen) atoms. The predicted octanol–water partition coefficient (Wildman–Crippen LogP) is 3.98. The summed E-state index contributed by atoms with van der Waals surface area (Å²) in [6.07, 6.45) is 5.03. The Hall–Kier alpha value is -2.82. The van der Waals surface area contributed by atoms with Crippen molar-refractivity contribution in [2.24, 2.45) is 7.05 Å². The standard InChI is InChI=1S/C19H16ClN5OS/c1-12(14-5-3-13(10-21)4-6-14)24-17(26)15-9-16(20)18(23-11-15)27-19-22-7-8-25(19)2/h3-9,11-12H,1-2H3,(H,24,26). The number of nitriles is 1. The Kier molecular flexibility index (Phi) is 5.79. The van der Waals surface area contributed by atoms with E-state index in [0.29, 0.717) is 21.2 Å². The van der Waals surface area contributed by atoms with Crippen LogP contribution in [0.15, 0.2) is 59.1 Å². The third-order valence-corrected chi connectivity index (χ3v) is 5.42. The third-order valence-electron chi connectivity index (χ3n) is 3.92. The van der Waals surface area contributed by atoms with Crippen molar-refractivity contribution >= 4 is 29.3 Å². The summed E-state index contributed by atoms with van der Waals surface area (Å²) in [6.45, 7) is 1.87. The number of aryl methyl sites for hydroxylation is 1. The molecule has 0 aliphatic heterocycles. The Morgan fingerprint density at radius 3 is 2.67 bits per heavy atom. The maximum atomic E-state index is 12.5. The van der Waals surface area contributed by atoms with Crippen LogP contribution in [0.1, 0.15) is 34.5 Å². The summed E-state index contributed by atoms with van der Waals surface area (Å²) < 4.78 is 1.86. The van der Waals surface area contributed by atoms with Gasteiger partial charge in [0.15, 0.2) is 5.16 Å². The number of carbonyl (C=O) groups excluding carboxylic acids is 1. The van der Waals surface area contributed by atoms with E-state index in [1.165, 1.54) is 18.0 Å². The number of carbonyl (C=O) groups is 1. The highest BCUT2D eigenvalue weighted by Crippen LogP contribution is 2.30. The van der Waals surface area contributed by atoms with E-state index < -0.39 is 0 Å². The third kappa shape index (κ3) is 4.48. The van der Waals surface area contributed by atoms with Crippen molar-refractivity contribution < 1.29 is 4.79 Å². The number of nitrogens with zero attached hydrogens (tertiary/aromatic N) is 4. The molecule has 1 aromatic carbocycles. The van der Waals surface area contributed by atoms with Crippen LogP contribution in [-0.4, -0.2) is 20.4 Å². The number of benzene rings is 1. The zero-order valence-corrected chi connectivity index (χ0v) is 16.3. The molecule has 0 spiro atoms. The molecule has 1 N–H and O–H groups in total. The lowest BCUT2D eigenvalue weighted by Crippen LogP contribution is -2.26. The molecule has 1 atom stereocenters. The maximum absolute atomic E-state index is 12.5. The Labute approximate surface area is 166 Å². The van der Waals surface area contributed by atoms with Crippen molar-refractivity contribution in [3.8, 4) is 6.07 Å². The van der Waals surface area contributed by atoms with Gasteiger partial charge in [0.2, 0.25) is 0 Å². The van der Waals surface area contributed by atoms with E-state index in [9.17, 15) is 4.79 Å². The summed E-state index contributed by atoms with van der Waals surface area (Å²) in [5.41, 5.74) is 1.86. The summed E-state index contributed by atoms with van der Waals surface area (Å²) in [6, 6.07) is 10.5. The Morgan fingerprint density at radius 2 is 2.07 bits per heavy atom. The molecule has 8 heteroatoms. The fourth-order valence-corrected chi connectivity index (χ4v) is 3.41. The number of rotatable bonds is 5. The smallest absolute Gasteiger partial charge is 0.253 e. The minimum absolute atomic E-state index is 0.217. The van der Waals surface area contributed by atoms with Crippen LogP contribution >= 0.6 is 23.4 Å². The number of imidazole rings is 1. The number of amides is 1. The minimum Gasteiger partial charge on any atom is -0.345 e. The van der Waals surface area contributed by atoms with Crippen LogP contribution in [-0.2, 0) is 7.05 Å². The van der Waals surface area contributed by atoms with Gasteiger partial charge < -0.3 is 9.88 Å². The molecular formula is C19H16ClN5OS. The highest BCUT2D eigenvalue weighted by Gasteiger charge is 2.15. The van der Waals surface area contributed by atoms with Crippen LogP contribution in [0.3, 0.4) is 0 Å². The van der Waals surface area contributed by atoms with Crippen LogP contribution in [0.2, 0.25) is 5.02 Å². The molecule has 0 aliphatic rings. The van der Waals surface area contributed by atoms with Gasteiger partial charge in [0.05, 0.1) is 28.3 Å². The molecule has 2 aromatic heterocycles. The number of nitrogens with one attached hydrogen (secondary N) is 1. The van der Waals surface area contributed by atoms with E-state index in [-0.39, 0.29) is 11.9 Å². The summed E-state index contributed by atoms with van der Waals surface area (Å²) in [7, 11) is 1.88. The lowest BCUT2D eigenvalue weighted by molar-refractivity contribution is 0.0939. The SMILES string of the molecule is CC(NC(=O)c1cnc(Sc2nccn2C)c(Cl)c1)c1ccc(C#N)cc1. The average Bonchev–Trinajstić information content (AvgIpc) is 3.08. The molecule has 136 valence electrons. The van der Waals surface area contributed by atoms with Crippen molar-refractivity contribution in [2.45, 2.75) is 23.1 Å². The second-order valence-corrected chi connectivity index (χ2v) is 7.23. The first-order valence-electron chi connectivity index (χ1n) is 8.09. The normalized spacial score (nSPS) is 11.6. The quantitative estimate of drug-likeness (QED) is 0.703. The monoisotopic (exact) mass is 397 g/mol. The number of halogens is 1. The average molecular weight is 398 g/mol. The van der Waals surface area contributed by atoms with Crippen molar-refractivity contribution in [1.29, 1.82) is 5.26 Å². The van der Waals surface area contributed by atoms with Gasteiger partial charge in [-0.15, -0.1) is 0 Å². The highest BCUT2D eigenvalue weighted by molar-refractivity contribution is 7.99. The molecule has 2 heterocycles. The summed E-state index contributed by atoms with van der Waals surface area (Å²) in [4.78, 5) is 21.0. The zero-order valence-electron chi connectivity index (χ0n) is 14.7. The molecule has 0 saturated heterocycles. The number of aromatic nitrogens is 3. The van der Waals surface area contributed by atoms with Crippen LogP contribution in [0.4, 0.5) is 0 Å². The fourth-order valence-electron chi connectivity index (χ4n) is 2.37. The topological polar surface area (TPSA) is 83.6 Å². The van der Waals surface area contributed by atoms with Crippen molar-refractivity contribution in [3.63, 3.8) is 0 Å². The Balaban J connectivity index is 1.70. The summed E-state index contributed by atoms with van der Waals surface area (Å²) in [5, 5.41) is 13.5. The van der Waals surface area contributed by atoms with E-state index in [1.807, 2.05) is 36.9 Å². The molecular weight excluding hydrogens is 382 g/mol. The van der Waals surface area contributed by atoms with E-state index in [2.05, 4.69) is 21.4 Å². The van der Waals surface area contributed by atoms with E-state index in [1.54, 1.807) is 24.4 Å². The first-order valence-corrected chi connectivity index (χ1v) is 9.29. The van der Waals surface area contributed by atoms with Gasteiger partial charge >= 0.3 is 0 Å². The van der Waals surface area contributed by atoms with Crippen molar-refractivity contribution in [2.75, 3.05) is 0 Å². The molecule has 0 bridgehead atoms. The molecule has 1 amide bonds. The molecule has 6 nitrogen and oxygen atoms in total. The molecule has 3 aromatic rings. The van der Waals surface area contributed by atoms with Gasteiger partial charge in [-0.05, 0) is 42.4 Å². The summed E-state index contributed by atoms with van der Waals surface area (Å²) in [5.74, 6) is -0.269. The Bertz CT molecular complexity index is 1010. The number of pyridine rings is 1. The molecule has 0 aliphatic carbocycles. The zero-order chi connectivity index (χ0) is 19.4. The van der Waals surface area contributed by atoms with Crippen LogP contribution in [0.25, 0.3) is 0 Å². The van der Waals surface area contributed by atoms with Crippen molar-refractivity contribution in [3.05, 3.63) is 70.6 Å². The van der Waals surface area contributed by atoms with E-state index in [0.717, 1.165) is 10.7 Å². The van der Waals surface area contributed by atoms with Gasteiger partial charge in [-0.3, -0.25) is 4.79 Å². The number of hydrogen-bond donors (Lipinski definition) is 1. The highest BCUT2D eigenvalue weighted by atomic mass is 35.5. The fraction of sp³-hybridized carbons (Fsp3) is 0.158. The molecule has 1 unspecified atom stereocenters. The van der Waals surface area contributed by atoms with E-state index in [4.69, 9.17) is 16.9 Å². The van der Waals surface area contributed by atoms with Gasteiger partial charge in [-0.25, -0.2) is 9.97 Å². The van der Waals surface area contributed by atoms with E-state index >= 15 is 0 Å². The lowest BCUT2D eigenvalue weighted by atomic mass is 10.1. The van der Waals surface area contributed by atoms with Crippen LogP contribution < -0.4 is 5.32 Å². The summed E-state index contributed by atoms with van der Waals surface area (Å²) >= 11 is 7.63. The minimum atomic E-state index is -0.269. The van der Waals surface area contributed by atoms with Gasteiger partial charge in [-0.1, -0.05) is 23.7 Å². The molecule has 0 fully saturated rings. The van der Waals surface area contributed by atoms with Crippen LogP contribution in [0.5, 0.6) is 0 Å². The predicted molar refractivity (Wildman–Crippen MR) is 104 cm³/mol. The van der Waals surface area contributed by atoms with Gasteiger partial charge in [0.25, 0.3) is 5.91 Å². The second-order valence-electron chi connectivity index (χ2n) is 5.86. The number of hydrogen-bond acceptors (Lipinski definition) is 5. The first kappa shape index (κ1) is 19.0. The van der Waals surface area contributed by atoms with Crippen LogP contribution in [0, 0.1) is 11.3 Å². The van der Waals surface area contributed by atoms with Gasteiger partial charge in [-0.2, -0.15) is 5.26 Å². The van der Waals surface area contributed by atoms with Gasteiger partial charge in [0, 0.05) is 25.6 Å². The van der Waals surface area contributed by atoms with Crippen molar-refractivity contribution in [1.82, 2.24) is 19.9 Å². The molecule has 0 saturated carbocycles.